The Morgan fingerprint density at radius 3 is 2.79 bits per heavy atom. The first kappa shape index (κ1) is 12.3. The minimum atomic E-state index is -0.461. The van der Waals surface area contributed by atoms with E-state index in [1.807, 2.05) is 6.07 Å². The second-order valence-electron chi connectivity index (χ2n) is 5.38. The first-order chi connectivity index (χ1) is 9.15. The molecule has 0 aromatic heterocycles. The summed E-state index contributed by atoms with van der Waals surface area (Å²) in [6.07, 6.45) is 3.71. The number of nitrogens with two attached hydrogens (primary N) is 2. The van der Waals surface area contributed by atoms with E-state index in [0.29, 0.717) is 17.2 Å². The fourth-order valence-corrected chi connectivity index (χ4v) is 2.75. The van der Waals surface area contributed by atoms with Crippen molar-refractivity contribution >= 4 is 17.3 Å². The van der Waals surface area contributed by atoms with Crippen LogP contribution in [0.4, 0.5) is 11.4 Å². The molecule has 0 spiro atoms. The number of primary amides is 1. The number of carbonyl (C=O) groups excluding carboxylic acids is 1. The van der Waals surface area contributed by atoms with Gasteiger partial charge in [-0.2, -0.15) is 0 Å². The monoisotopic (exact) mass is 261 g/mol. The van der Waals surface area contributed by atoms with Crippen LogP contribution in [0.3, 0.4) is 0 Å². The normalized spacial score (nSPS) is 26.3. The molecule has 2 fully saturated rings. The number of ether oxygens (including phenoxy) is 1. The van der Waals surface area contributed by atoms with E-state index in [0.717, 1.165) is 18.7 Å². The number of anilines is 2. The summed E-state index contributed by atoms with van der Waals surface area (Å²) in [5, 5.41) is 3.41. The van der Waals surface area contributed by atoms with E-state index in [2.05, 4.69) is 5.32 Å². The van der Waals surface area contributed by atoms with Crippen LogP contribution in [0.15, 0.2) is 18.2 Å². The molecule has 0 radical (unpaired) electrons. The van der Waals surface area contributed by atoms with Gasteiger partial charge in [0.05, 0.1) is 17.7 Å². The summed E-state index contributed by atoms with van der Waals surface area (Å²) in [6, 6.07) is 5.47. The zero-order valence-electron chi connectivity index (χ0n) is 10.8. The van der Waals surface area contributed by atoms with Gasteiger partial charge in [0.2, 0.25) is 0 Å². The first-order valence-electron chi connectivity index (χ1n) is 6.72. The Bertz CT molecular complexity index is 499. The van der Waals surface area contributed by atoms with E-state index in [-0.39, 0.29) is 12.1 Å². The maximum Gasteiger partial charge on any atom is 0.250 e. The van der Waals surface area contributed by atoms with E-state index < -0.39 is 5.91 Å². The maximum atomic E-state index is 11.5. The van der Waals surface area contributed by atoms with Crippen LogP contribution >= 0.6 is 0 Å². The van der Waals surface area contributed by atoms with E-state index >= 15 is 0 Å². The number of nitrogen functional groups attached to an aromatic ring is 1. The molecule has 1 saturated heterocycles. The zero-order chi connectivity index (χ0) is 13.4. The van der Waals surface area contributed by atoms with Crippen molar-refractivity contribution in [2.24, 2.45) is 11.7 Å². The molecule has 5 nitrogen and oxygen atoms in total. The molecule has 1 aliphatic heterocycles. The van der Waals surface area contributed by atoms with Gasteiger partial charge in [-0.25, -0.2) is 0 Å². The van der Waals surface area contributed by atoms with Crippen LogP contribution in [0.1, 0.15) is 29.6 Å². The number of rotatable bonds is 4. The molecule has 5 heteroatoms. The van der Waals surface area contributed by atoms with Crippen molar-refractivity contribution in [1.29, 1.82) is 0 Å². The summed E-state index contributed by atoms with van der Waals surface area (Å²) in [4.78, 5) is 11.5. The molecule has 1 aromatic rings. The lowest BCUT2D eigenvalue weighted by Gasteiger charge is -2.22. The second kappa shape index (κ2) is 4.74. The average Bonchev–Trinajstić information content (AvgIpc) is 3.12. The fraction of sp³-hybridized carbons (Fsp3) is 0.500. The van der Waals surface area contributed by atoms with Crippen molar-refractivity contribution in [1.82, 2.24) is 0 Å². The molecule has 3 rings (SSSR count). The number of hydrogen-bond acceptors (Lipinski definition) is 4. The molecule has 2 unspecified atom stereocenters. The summed E-state index contributed by atoms with van der Waals surface area (Å²) in [5.41, 5.74) is 12.8. The molecular weight excluding hydrogens is 242 g/mol. The Balaban J connectivity index is 1.80. The Kier molecular flexibility index (Phi) is 3.06. The van der Waals surface area contributed by atoms with Gasteiger partial charge in [-0.1, -0.05) is 0 Å². The SMILES string of the molecule is NC(=O)c1cc(N)ccc1NC1CCOC1C1CC1. The molecule has 1 amide bonds. The first-order valence-corrected chi connectivity index (χ1v) is 6.72. The molecule has 1 saturated carbocycles. The van der Waals surface area contributed by atoms with Crippen molar-refractivity contribution in [2.45, 2.75) is 31.4 Å². The Labute approximate surface area is 112 Å². The molecular formula is C14H19N3O2. The number of carbonyl (C=O) groups is 1. The number of hydrogen-bond donors (Lipinski definition) is 3. The van der Waals surface area contributed by atoms with Gasteiger partial charge in [0, 0.05) is 18.0 Å². The Morgan fingerprint density at radius 1 is 1.32 bits per heavy atom. The van der Waals surface area contributed by atoms with E-state index in [9.17, 15) is 4.79 Å². The lowest BCUT2D eigenvalue weighted by molar-refractivity contribution is 0.0897. The highest BCUT2D eigenvalue weighted by Crippen LogP contribution is 2.39. The van der Waals surface area contributed by atoms with Crippen molar-refractivity contribution in [3.63, 3.8) is 0 Å². The summed E-state index contributed by atoms with van der Waals surface area (Å²) in [5.74, 6) is 0.211. The zero-order valence-corrected chi connectivity index (χ0v) is 10.8. The molecule has 0 bridgehead atoms. The van der Waals surface area contributed by atoms with Crippen LogP contribution in [0.25, 0.3) is 0 Å². The Hall–Kier alpha value is -1.75. The largest absolute Gasteiger partial charge is 0.399 e. The molecule has 5 N–H and O–H groups in total. The van der Waals surface area contributed by atoms with E-state index in [4.69, 9.17) is 16.2 Å². The van der Waals surface area contributed by atoms with Crippen molar-refractivity contribution < 1.29 is 9.53 Å². The van der Waals surface area contributed by atoms with Gasteiger partial charge in [0.1, 0.15) is 0 Å². The highest BCUT2D eigenvalue weighted by molar-refractivity contribution is 5.99. The van der Waals surface area contributed by atoms with Crippen LogP contribution in [-0.2, 0) is 4.74 Å². The second-order valence-corrected chi connectivity index (χ2v) is 5.38. The predicted molar refractivity (Wildman–Crippen MR) is 73.9 cm³/mol. The van der Waals surface area contributed by atoms with Gasteiger partial charge in [-0.3, -0.25) is 4.79 Å². The standard InChI is InChI=1S/C14H19N3O2/c15-9-3-4-11(10(7-9)14(16)18)17-12-5-6-19-13(12)8-1-2-8/h3-4,7-8,12-13,17H,1-2,5-6,15H2,(H2,16,18). The number of benzene rings is 1. The lowest BCUT2D eigenvalue weighted by atomic mass is 10.0. The van der Waals surface area contributed by atoms with Crippen LogP contribution in [0, 0.1) is 5.92 Å². The van der Waals surface area contributed by atoms with Gasteiger partial charge >= 0.3 is 0 Å². The summed E-state index contributed by atoms with van der Waals surface area (Å²) in [7, 11) is 0. The highest BCUT2D eigenvalue weighted by atomic mass is 16.5. The van der Waals surface area contributed by atoms with Crippen molar-refractivity contribution in [3.05, 3.63) is 23.8 Å². The number of nitrogens with one attached hydrogen (secondary N) is 1. The third kappa shape index (κ3) is 2.51. The van der Waals surface area contributed by atoms with Gasteiger partial charge in [0.25, 0.3) is 5.91 Å². The topological polar surface area (TPSA) is 90.4 Å². The fourth-order valence-electron chi connectivity index (χ4n) is 2.75. The third-order valence-electron chi connectivity index (χ3n) is 3.87. The maximum absolute atomic E-state index is 11.5. The average molecular weight is 261 g/mol. The molecule has 19 heavy (non-hydrogen) atoms. The summed E-state index contributed by atoms with van der Waals surface area (Å²) < 4.78 is 5.78. The molecule has 1 heterocycles. The smallest absolute Gasteiger partial charge is 0.250 e. The quantitative estimate of drug-likeness (QED) is 0.713. The Morgan fingerprint density at radius 2 is 2.11 bits per heavy atom. The number of amides is 1. The van der Waals surface area contributed by atoms with Crippen molar-refractivity contribution in [3.8, 4) is 0 Å². The van der Waals surface area contributed by atoms with Crippen LogP contribution in [0.5, 0.6) is 0 Å². The predicted octanol–water partition coefficient (Wildman–Crippen LogP) is 1.35. The molecule has 2 aliphatic rings. The van der Waals surface area contributed by atoms with E-state index in [1.54, 1.807) is 12.1 Å². The van der Waals surface area contributed by atoms with E-state index in [1.165, 1.54) is 12.8 Å². The minimum absolute atomic E-state index is 0.259. The van der Waals surface area contributed by atoms with Crippen LogP contribution in [-0.4, -0.2) is 24.7 Å². The molecule has 102 valence electrons. The van der Waals surface area contributed by atoms with Crippen LogP contribution < -0.4 is 16.8 Å². The van der Waals surface area contributed by atoms with Gasteiger partial charge in [0.15, 0.2) is 0 Å². The highest BCUT2D eigenvalue weighted by Gasteiger charge is 2.40. The minimum Gasteiger partial charge on any atom is -0.399 e. The van der Waals surface area contributed by atoms with Gasteiger partial charge < -0.3 is 21.5 Å². The van der Waals surface area contributed by atoms with Crippen LogP contribution in [0.2, 0.25) is 0 Å². The van der Waals surface area contributed by atoms with Crippen molar-refractivity contribution in [2.75, 3.05) is 17.7 Å². The summed E-state index contributed by atoms with van der Waals surface area (Å²) in [6.45, 7) is 0.777. The van der Waals surface area contributed by atoms with Gasteiger partial charge in [-0.15, -0.1) is 0 Å². The lowest BCUT2D eigenvalue weighted by Crippen LogP contribution is -2.32. The third-order valence-corrected chi connectivity index (χ3v) is 3.87. The molecule has 1 aromatic carbocycles. The summed E-state index contributed by atoms with van der Waals surface area (Å²) >= 11 is 0. The van der Waals surface area contributed by atoms with Gasteiger partial charge in [-0.05, 0) is 43.4 Å². The molecule has 1 aliphatic carbocycles. The molecule has 2 atom stereocenters.